The SMILES string of the molecule is CCCCOc1ccc(C(=O)Oc2ccc(OC[C@H]3CC[C@H](OC(=O)[C@@H](F)CCCC)CC3)cc2)cc1. The van der Waals surface area contributed by atoms with Gasteiger partial charge in [0.15, 0.2) is 6.17 Å². The third kappa shape index (κ3) is 9.71. The molecule has 0 heterocycles. The maximum atomic E-state index is 13.8. The maximum absolute atomic E-state index is 13.8. The number of benzene rings is 2. The summed E-state index contributed by atoms with van der Waals surface area (Å²) in [6, 6.07) is 13.9. The Labute approximate surface area is 219 Å². The number of esters is 2. The van der Waals surface area contributed by atoms with Crippen LogP contribution in [0.3, 0.4) is 0 Å². The van der Waals surface area contributed by atoms with E-state index in [2.05, 4.69) is 6.92 Å². The molecular weight excluding hydrogens is 475 g/mol. The molecule has 37 heavy (non-hydrogen) atoms. The van der Waals surface area contributed by atoms with Gasteiger partial charge in [-0.25, -0.2) is 14.0 Å². The summed E-state index contributed by atoms with van der Waals surface area (Å²) in [7, 11) is 0. The van der Waals surface area contributed by atoms with Crippen molar-refractivity contribution in [3.05, 3.63) is 54.1 Å². The van der Waals surface area contributed by atoms with Crippen molar-refractivity contribution in [1.29, 1.82) is 0 Å². The van der Waals surface area contributed by atoms with Gasteiger partial charge in [-0.3, -0.25) is 0 Å². The topological polar surface area (TPSA) is 71.1 Å². The summed E-state index contributed by atoms with van der Waals surface area (Å²) in [5, 5.41) is 0. The van der Waals surface area contributed by atoms with E-state index in [1.165, 1.54) is 0 Å². The Balaban J connectivity index is 1.36. The first-order valence-electron chi connectivity index (χ1n) is 13.5. The normalized spacial score (nSPS) is 18.0. The molecule has 1 atom stereocenters. The Morgan fingerprint density at radius 2 is 1.43 bits per heavy atom. The molecule has 1 aliphatic carbocycles. The zero-order chi connectivity index (χ0) is 26.5. The molecule has 0 spiro atoms. The molecule has 0 aromatic heterocycles. The van der Waals surface area contributed by atoms with Crippen molar-refractivity contribution in [3.8, 4) is 17.2 Å². The summed E-state index contributed by atoms with van der Waals surface area (Å²) in [4.78, 5) is 24.3. The van der Waals surface area contributed by atoms with Gasteiger partial charge in [-0.15, -0.1) is 0 Å². The third-order valence-electron chi connectivity index (χ3n) is 6.52. The van der Waals surface area contributed by atoms with E-state index in [1.54, 1.807) is 48.5 Å². The van der Waals surface area contributed by atoms with Crippen LogP contribution < -0.4 is 14.2 Å². The summed E-state index contributed by atoms with van der Waals surface area (Å²) in [5.41, 5.74) is 0.451. The number of rotatable bonds is 14. The van der Waals surface area contributed by atoms with Crippen LogP contribution in [0.5, 0.6) is 17.2 Å². The van der Waals surface area contributed by atoms with Crippen LogP contribution in [-0.2, 0) is 9.53 Å². The Hall–Kier alpha value is -3.09. The van der Waals surface area contributed by atoms with Crippen molar-refractivity contribution in [2.45, 2.75) is 83.9 Å². The molecule has 2 aromatic rings. The fraction of sp³-hybridized carbons (Fsp3) is 0.533. The Morgan fingerprint density at radius 3 is 2.08 bits per heavy atom. The van der Waals surface area contributed by atoms with Gasteiger partial charge in [0.05, 0.1) is 18.8 Å². The molecule has 0 saturated heterocycles. The van der Waals surface area contributed by atoms with Gasteiger partial charge in [0.2, 0.25) is 0 Å². The standard InChI is InChI=1S/C30H39FO6/c1-3-5-7-28(31)30(33)37-26-12-8-22(9-13-26)21-35-25-16-18-27(19-17-25)36-29(32)23-10-14-24(15-11-23)34-20-6-4-2/h10-11,14-19,22,26,28H,3-9,12-13,20-21H2,1-2H3/t22-,26-,28-/m0/s1. The van der Waals surface area contributed by atoms with E-state index in [0.29, 0.717) is 42.6 Å². The lowest BCUT2D eigenvalue weighted by molar-refractivity contribution is -0.157. The summed E-state index contributed by atoms with van der Waals surface area (Å²) in [6.45, 7) is 5.28. The smallest absolute Gasteiger partial charge is 0.343 e. The summed E-state index contributed by atoms with van der Waals surface area (Å²) < 4.78 is 36.2. The van der Waals surface area contributed by atoms with Crippen LogP contribution in [-0.4, -0.2) is 37.4 Å². The van der Waals surface area contributed by atoms with Gasteiger partial charge in [0, 0.05) is 0 Å². The molecule has 1 aliphatic rings. The predicted molar refractivity (Wildman–Crippen MR) is 140 cm³/mol. The van der Waals surface area contributed by atoms with Crippen molar-refractivity contribution < 1.29 is 32.9 Å². The minimum absolute atomic E-state index is 0.206. The maximum Gasteiger partial charge on any atom is 0.343 e. The van der Waals surface area contributed by atoms with E-state index in [4.69, 9.17) is 18.9 Å². The number of alkyl halides is 1. The average molecular weight is 515 g/mol. The molecule has 0 amide bonds. The quantitative estimate of drug-likeness (QED) is 0.152. The van der Waals surface area contributed by atoms with Crippen LogP contribution >= 0.6 is 0 Å². The molecule has 0 N–H and O–H groups in total. The van der Waals surface area contributed by atoms with E-state index in [0.717, 1.165) is 50.7 Å². The minimum atomic E-state index is -1.52. The molecule has 1 fully saturated rings. The second-order valence-electron chi connectivity index (χ2n) is 9.59. The van der Waals surface area contributed by atoms with Gasteiger partial charge in [-0.1, -0.05) is 33.1 Å². The van der Waals surface area contributed by atoms with E-state index in [9.17, 15) is 14.0 Å². The summed E-state index contributed by atoms with van der Waals surface area (Å²) >= 11 is 0. The molecule has 3 rings (SSSR count). The number of hydrogen-bond acceptors (Lipinski definition) is 6. The van der Waals surface area contributed by atoms with Gasteiger partial charge < -0.3 is 18.9 Å². The number of carbonyl (C=O) groups is 2. The highest BCUT2D eigenvalue weighted by molar-refractivity contribution is 5.91. The molecule has 1 saturated carbocycles. The van der Waals surface area contributed by atoms with Crippen molar-refractivity contribution in [2.24, 2.45) is 5.92 Å². The molecule has 0 bridgehead atoms. The van der Waals surface area contributed by atoms with Crippen molar-refractivity contribution in [1.82, 2.24) is 0 Å². The van der Waals surface area contributed by atoms with Crippen molar-refractivity contribution in [3.63, 3.8) is 0 Å². The first-order chi connectivity index (χ1) is 18.0. The average Bonchev–Trinajstić information content (AvgIpc) is 2.92. The van der Waals surface area contributed by atoms with Crippen LogP contribution in [0.2, 0.25) is 0 Å². The van der Waals surface area contributed by atoms with Crippen LogP contribution in [0.4, 0.5) is 4.39 Å². The Morgan fingerprint density at radius 1 is 0.838 bits per heavy atom. The summed E-state index contributed by atoms with van der Waals surface area (Å²) in [5.74, 6) is 1.06. The van der Waals surface area contributed by atoms with Crippen molar-refractivity contribution in [2.75, 3.05) is 13.2 Å². The van der Waals surface area contributed by atoms with Gasteiger partial charge in [-0.2, -0.15) is 0 Å². The van der Waals surface area contributed by atoms with Crippen LogP contribution in [0, 0.1) is 5.92 Å². The number of carbonyl (C=O) groups excluding carboxylic acids is 2. The Bertz CT molecular complexity index is 951. The second-order valence-corrected chi connectivity index (χ2v) is 9.59. The molecular formula is C30H39FO6. The zero-order valence-corrected chi connectivity index (χ0v) is 22.0. The van der Waals surface area contributed by atoms with Gasteiger partial charge in [-0.05, 0) is 93.0 Å². The van der Waals surface area contributed by atoms with Gasteiger partial charge in [0.25, 0.3) is 0 Å². The first-order valence-corrected chi connectivity index (χ1v) is 13.5. The van der Waals surface area contributed by atoms with Crippen LogP contribution in [0.15, 0.2) is 48.5 Å². The number of halogens is 1. The highest BCUT2D eigenvalue weighted by Gasteiger charge is 2.27. The van der Waals surface area contributed by atoms with Gasteiger partial charge >= 0.3 is 11.9 Å². The number of ether oxygens (including phenoxy) is 4. The minimum Gasteiger partial charge on any atom is -0.494 e. The zero-order valence-electron chi connectivity index (χ0n) is 22.0. The van der Waals surface area contributed by atoms with Crippen molar-refractivity contribution >= 4 is 11.9 Å². The monoisotopic (exact) mass is 514 g/mol. The largest absolute Gasteiger partial charge is 0.494 e. The lowest BCUT2D eigenvalue weighted by Gasteiger charge is -2.28. The second kappa shape index (κ2) is 15.2. The molecule has 202 valence electrons. The highest BCUT2D eigenvalue weighted by atomic mass is 19.1. The van der Waals surface area contributed by atoms with Crippen LogP contribution in [0.1, 0.15) is 82.0 Å². The fourth-order valence-electron chi connectivity index (χ4n) is 4.16. The Kier molecular flexibility index (Phi) is 11.7. The highest BCUT2D eigenvalue weighted by Crippen LogP contribution is 2.28. The third-order valence-corrected chi connectivity index (χ3v) is 6.52. The molecule has 0 aliphatic heterocycles. The molecule has 6 nitrogen and oxygen atoms in total. The number of hydrogen-bond donors (Lipinski definition) is 0. The van der Waals surface area contributed by atoms with E-state index in [1.807, 2.05) is 6.92 Å². The molecule has 2 aromatic carbocycles. The lowest BCUT2D eigenvalue weighted by Crippen LogP contribution is -2.30. The molecule has 7 heteroatoms. The van der Waals surface area contributed by atoms with E-state index >= 15 is 0 Å². The van der Waals surface area contributed by atoms with Gasteiger partial charge in [0.1, 0.15) is 23.4 Å². The lowest BCUT2D eigenvalue weighted by atomic mass is 9.88. The fourth-order valence-corrected chi connectivity index (χ4v) is 4.16. The summed E-state index contributed by atoms with van der Waals surface area (Å²) in [6.07, 6.45) is 5.29. The predicted octanol–water partition coefficient (Wildman–Crippen LogP) is 7.09. The molecule has 0 radical (unpaired) electrons. The van der Waals surface area contributed by atoms with E-state index in [-0.39, 0.29) is 12.5 Å². The van der Waals surface area contributed by atoms with E-state index < -0.39 is 18.1 Å². The molecule has 0 unspecified atom stereocenters. The van der Waals surface area contributed by atoms with Crippen LogP contribution in [0.25, 0.3) is 0 Å². The first kappa shape index (κ1) is 28.5. The number of unbranched alkanes of at least 4 members (excludes halogenated alkanes) is 2.